The van der Waals surface area contributed by atoms with Crippen molar-refractivity contribution >= 4 is 17.7 Å². The van der Waals surface area contributed by atoms with E-state index in [1.807, 2.05) is 25.7 Å². The number of hydrogen-bond donors (Lipinski definition) is 1. The molecule has 1 saturated carbocycles. The highest BCUT2D eigenvalue weighted by atomic mass is 16.5. The van der Waals surface area contributed by atoms with Crippen LogP contribution in [0.25, 0.3) is 0 Å². The second-order valence-corrected chi connectivity index (χ2v) is 11.9. The molecule has 6 atom stereocenters. The van der Waals surface area contributed by atoms with Crippen LogP contribution in [0.15, 0.2) is 25.3 Å². The Balaban J connectivity index is 1.79. The summed E-state index contributed by atoms with van der Waals surface area (Å²) < 4.78 is 6.81. The van der Waals surface area contributed by atoms with Crippen LogP contribution in [0.3, 0.4) is 0 Å². The lowest BCUT2D eigenvalue weighted by Crippen LogP contribution is -2.60. The minimum absolute atomic E-state index is 0.0927. The minimum Gasteiger partial charge on any atom is -0.394 e. The van der Waals surface area contributed by atoms with Gasteiger partial charge in [0.05, 0.1) is 30.1 Å². The highest BCUT2D eigenvalue weighted by Gasteiger charge is 2.78. The van der Waals surface area contributed by atoms with Crippen molar-refractivity contribution in [3.8, 4) is 0 Å². The molecule has 1 N–H and O–H groups in total. The fourth-order valence-electron chi connectivity index (χ4n) is 7.85. The quantitative estimate of drug-likeness (QED) is 0.392. The zero-order valence-corrected chi connectivity index (χ0v) is 23.6. The molecule has 0 aromatic rings. The van der Waals surface area contributed by atoms with E-state index in [2.05, 4.69) is 13.2 Å². The van der Waals surface area contributed by atoms with Gasteiger partial charge in [0, 0.05) is 25.7 Å². The lowest BCUT2D eigenvalue weighted by Gasteiger charge is -2.42. The Hall–Kier alpha value is -2.19. The van der Waals surface area contributed by atoms with E-state index in [9.17, 15) is 19.5 Å². The topological polar surface area (TPSA) is 90.4 Å². The number of aliphatic hydroxyl groups is 1. The van der Waals surface area contributed by atoms with Gasteiger partial charge in [-0.05, 0) is 45.4 Å². The molecule has 38 heavy (non-hydrogen) atoms. The Kier molecular flexibility index (Phi) is 8.72. The molecule has 0 aromatic heterocycles. The summed E-state index contributed by atoms with van der Waals surface area (Å²) in [5, 5.41) is 10.3. The monoisotopic (exact) mass is 529 g/mol. The van der Waals surface area contributed by atoms with Crippen LogP contribution in [0, 0.1) is 11.8 Å². The molecule has 1 spiro atoms. The Morgan fingerprint density at radius 3 is 2.39 bits per heavy atom. The summed E-state index contributed by atoms with van der Waals surface area (Å²) in [6, 6.07) is -1.28. The molecular formula is C30H47N3O5. The van der Waals surface area contributed by atoms with Crippen LogP contribution in [-0.4, -0.2) is 93.1 Å². The van der Waals surface area contributed by atoms with Crippen molar-refractivity contribution < 1.29 is 24.2 Å². The predicted octanol–water partition coefficient (Wildman–Crippen LogP) is 3.29. The van der Waals surface area contributed by atoms with Crippen molar-refractivity contribution in [1.82, 2.24) is 14.7 Å². The molecule has 0 radical (unpaired) electrons. The number of rotatable bonds is 12. The van der Waals surface area contributed by atoms with E-state index >= 15 is 0 Å². The fraction of sp³-hybridized carbons (Fsp3) is 0.767. The largest absolute Gasteiger partial charge is 0.394 e. The number of carbonyl (C=O) groups excluding carboxylic acids is 3. The summed E-state index contributed by atoms with van der Waals surface area (Å²) >= 11 is 0. The maximum atomic E-state index is 14.6. The van der Waals surface area contributed by atoms with E-state index in [0.717, 1.165) is 32.1 Å². The van der Waals surface area contributed by atoms with Crippen molar-refractivity contribution in [2.24, 2.45) is 11.8 Å². The number of fused-ring (bicyclic) bond motifs is 1. The van der Waals surface area contributed by atoms with Crippen molar-refractivity contribution in [3.05, 3.63) is 25.3 Å². The number of ether oxygens (including phenoxy) is 1. The van der Waals surface area contributed by atoms with Crippen molar-refractivity contribution in [3.63, 3.8) is 0 Å². The van der Waals surface area contributed by atoms with Gasteiger partial charge in [-0.2, -0.15) is 0 Å². The summed E-state index contributed by atoms with van der Waals surface area (Å²) in [7, 11) is 0. The maximum Gasteiger partial charge on any atom is 0.248 e. The maximum absolute atomic E-state index is 14.6. The molecule has 1 aliphatic carbocycles. The first-order valence-electron chi connectivity index (χ1n) is 14.7. The summed E-state index contributed by atoms with van der Waals surface area (Å²) in [6.07, 6.45) is 11.1. The molecule has 212 valence electrons. The first kappa shape index (κ1) is 28.8. The molecule has 2 unspecified atom stereocenters. The number of likely N-dealkylation sites (tertiary alicyclic amines) is 1. The summed E-state index contributed by atoms with van der Waals surface area (Å²) in [4.78, 5) is 48.3. The number of carbonyl (C=O) groups is 3. The van der Waals surface area contributed by atoms with Gasteiger partial charge in [-0.25, -0.2) is 0 Å². The van der Waals surface area contributed by atoms with Gasteiger partial charge in [0.1, 0.15) is 11.6 Å². The zero-order chi connectivity index (χ0) is 27.7. The first-order chi connectivity index (χ1) is 18.2. The third-order valence-corrected chi connectivity index (χ3v) is 9.57. The van der Waals surface area contributed by atoms with Gasteiger partial charge in [-0.15, -0.1) is 13.2 Å². The average molecular weight is 530 g/mol. The number of hydrogen-bond acceptors (Lipinski definition) is 5. The van der Waals surface area contributed by atoms with Crippen LogP contribution in [0.5, 0.6) is 0 Å². The van der Waals surface area contributed by atoms with Crippen LogP contribution >= 0.6 is 0 Å². The Morgan fingerprint density at radius 1 is 1.13 bits per heavy atom. The van der Waals surface area contributed by atoms with E-state index in [-0.39, 0.29) is 30.4 Å². The molecule has 4 aliphatic rings. The number of nitrogens with zero attached hydrogens (tertiary/aromatic N) is 3. The molecule has 8 heteroatoms. The Morgan fingerprint density at radius 2 is 1.82 bits per heavy atom. The fourth-order valence-corrected chi connectivity index (χ4v) is 7.85. The van der Waals surface area contributed by atoms with E-state index in [4.69, 9.17) is 4.74 Å². The second-order valence-electron chi connectivity index (χ2n) is 11.9. The lowest BCUT2D eigenvalue weighted by atomic mass is 9.66. The van der Waals surface area contributed by atoms with Gasteiger partial charge in [0.2, 0.25) is 17.7 Å². The summed E-state index contributed by atoms with van der Waals surface area (Å²) in [5.41, 5.74) is -1.89. The van der Waals surface area contributed by atoms with Gasteiger partial charge < -0.3 is 24.5 Å². The van der Waals surface area contributed by atoms with Crippen molar-refractivity contribution in [2.45, 2.75) is 108 Å². The number of aliphatic hydroxyl groups excluding tert-OH is 1. The van der Waals surface area contributed by atoms with Crippen LogP contribution in [-0.2, 0) is 19.1 Å². The molecule has 4 fully saturated rings. The van der Waals surface area contributed by atoms with Gasteiger partial charge in [0.25, 0.3) is 0 Å². The second kappa shape index (κ2) is 11.5. The standard InChI is InChI=1S/C30H47N3O5/c1-6-17-31(18-7-2)26(35)23-24-27(36)33(21(9-4)20-34)25(30(24)16-15-29(23,5)38-30)28(37)32(19-8-3)22-13-11-10-12-14-22/h6,8,21-25,34H,1,3,7,9-20H2,2,4-5H3/t21-,23-,24-,25?,29+,30?/m0/s1. The van der Waals surface area contributed by atoms with E-state index in [1.54, 1.807) is 22.0 Å². The molecule has 3 aliphatic heterocycles. The number of amides is 3. The minimum atomic E-state index is -1.08. The predicted molar refractivity (Wildman–Crippen MR) is 146 cm³/mol. The molecule has 3 heterocycles. The highest BCUT2D eigenvalue weighted by Crippen LogP contribution is 2.64. The Bertz CT molecular complexity index is 929. The summed E-state index contributed by atoms with van der Waals surface area (Å²) in [5.74, 6) is -1.88. The molecule has 8 nitrogen and oxygen atoms in total. The van der Waals surface area contributed by atoms with Gasteiger partial charge in [0.15, 0.2) is 0 Å². The molecule has 4 rings (SSSR count). The molecular weight excluding hydrogens is 482 g/mol. The lowest BCUT2D eigenvalue weighted by molar-refractivity contribution is -0.158. The third kappa shape index (κ3) is 4.51. The van der Waals surface area contributed by atoms with Crippen LogP contribution in [0.1, 0.15) is 78.6 Å². The van der Waals surface area contributed by atoms with Crippen LogP contribution in [0.2, 0.25) is 0 Å². The molecule has 0 aromatic carbocycles. The first-order valence-corrected chi connectivity index (χ1v) is 14.7. The SMILES string of the molecule is C=CCN(CCC)C(=O)[C@@H]1[C@H]2C(=O)N([C@@H](CC)CO)C(C(=O)N(CC=C)C3CCCCC3)C23CC[C@@]1(C)O3. The Labute approximate surface area is 228 Å². The normalized spacial score (nSPS) is 33.2. The molecule has 3 saturated heterocycles. The van der Waals surface area contributed by atoms with E-state index in [1.165, 1.54) is 6.42 Å². The van der Waals surface area contributed by atoms with Gasteiger partial charge >= 0.3 is 0 Å². The molecule has 2 bridgehead atoms. The highest BCUT2D eigenvalue weighted by molar-refractivity contribution is 5.99. The van der Waals surface area contributed by atoms with E-state index < -0.39 is 35.1 Å². The smallest absolute Gasteiger partial charge is 0.248 e. The summed E-state index contributed by atoms with van der Waals surface area (Å²) in [6.45, 7) is 14.8. The average Bonchev–Trinajstić information content (AvgIpc) is 3.48. The van der Waals surface area contributed by atoms with E-state index in [0.29, 0.717) is 38.9 Å². The van der Waals surface area contributed by atoms with Gasteiger partial charge in [-0.1, -0.05) is 45.3 Å². The zero-order valence-electron chi connectivity index (χ0n) is 23.6. The van der Waals surface area contributed by atoms with Gasteiger partial charge in [-0.3, -0.25) is 14.4 Å². The molecule has 3 amide bonds. The van der Waals surface area contributed by atoms with Crippen molar-refractivity contribution in [2.75, 3.05) is 26.2 Å². The van der Waals surface area contributed by atoms with Crippen LogP contribution in [0.4, 0.5) is 0 Å². The third-order valence-electron chi connectivity index (χ3n) is 9.57. The van der Waals surface area contributed by atoms with Crippen molar-refractivity contribution in [1.29, 1.82) is 0 Å². The van der Waals surface area contributed by atoms with Crippen LogP contribution < -0.4 is 0 Å².